The van der Waals surface area contributed by atoms with Gasteiger partial charge in [-0.2, -0.15) is 0 Å². The molecule has 0 bridgehead atoms. The molecule has 1 N–H and O–H groups in total. The summed E-state index contributed by atoms with van der Waals surface area (Å²) in [5.74, 6) is -1.37. The van der Waals surface area contributed by atoms with Crippen molar-refractivity contribution in [2.24, 2.45) is 0 Å². The van der Waals surface area contributed by atoms with Crippen LogP contribution < -0.4 is 14.8 Å². The molecule has 1 saturated heterocycles. The van der Waals surface area contributed by atoms with Crippen molar-refractivity contribution >= 4 is 29.4 Å². The van der Waals surface area contributed by atoms with E-state index in [9.17, 15) is 19.2 Å². The van der Waals surface area contributed by atoms with E-state index in [4.69, 9.17) is 9.47 Å². The fourth-order valence-corrected chi connectivity index (χ4v) is 3.62. The van der Waals surface area contributed by atoms with Gasteiger partial charge in [-0.25, -0.2) is 9.69 Å². The van der Waals surface area contributed by atoms with Gasteiger partial charge in [-0.3, -0.25) is 19.3 Å². The Morgan fingerprint density at radius 2 is 1.69 bits per heavy atom. The fraction of sp³-hybridized carbons (Fsp3) is 0.500. The standard InChI is InChI=1S/C20H25N3O6/c1-3-28-15-10-9-13(11-16(15)29-4-2)21-17(24)12-22-18(25)19(26)23(20(22)27)14-7-5-6-8-14/h9-11,14H,3-8,12H2,1-2H3,(H,21,24). The van der Waals surface area contributed by atoms with Crippen LogP contribution in [0.3, 0.4) is 0 Å². The molecule has 0 atom stereocenters. The summed E-state index contributed by atoms with van der Waals surface area (Å²) in [6.45, 7) is 4.05. The zero-order chi connectivity index (χ0) is 21.0. The van der Waals surface area contributed by atoms with Gasteiger partial charge in [0.25, 0.3) is 0 Å². The number of rotatable bonds is 8. The highest BCUT2D eigenvalue weighted by atomic mass is 16.5. The second-order valence-electron chi connectivity index (χ2n) is 6.86. The predicted octanol–water partition coefficient (Wildman–Crippen LogP) is 2.16. The largest absolute Gasteiger partial charge is 0.490 e. The molecule has 2 fully saturated rings. The van der Waals surface area contributed by atoms with Crippen molar-refractivity contribution in [3.05, 3.63) is 18.2 Å². The minimum absolute atomic E-state index is 0.258. The lowest BCUT2D eigenvalue weighted by molar-refractivity contribution is -0.144. The van der Waals surface area contributed by atoms with Crippen molar-refractivity contribution in [3.8, 4) is 11.5 Å². The van der Waals surface area contributed by atoms with Crippen LogP contribution in [0.1, 0.15) is 39.5 Å². The molecule has 5 amide bonds. The summed E-state index contributed by atoms with van der Waals surface area (Å²) in [7, 11) is 0. The summed E-state index contributed by atoms with van der Waals surface area (Å²) in [5.41, 5.74) is 0.431. The maximum Gasteiger partial charge on any atom is 0.334 e. The normalized spacial score (nSPS) is 17.2. The number of carbonyl (C=O) groups is 4. The van der Waals surface area contributed by atoms with Crippen LogP contribution in [0.4, 0.5) is 10.5 Å². The Morgan fingerprint density at radius 1 is 1.03 bits per heavy atom. The quantitative estimate of drug-likeness (QED) is 0.527. The van der Waals surface area contributed by atoms with Crippen molar-refractivity contribution in [1.29, 1.82) is 0 Å². The average molecular weight is 403 g/mol. The summed E-state index contributed by atoms with van der Waals surface area (Å²) >= 11 is 0. The first-order chi connectivity index (χ1) is 14.0. The van der Waals surface area contributed by atoms with Crippen LogP contribution >= 0.6 is 0 Å². The number of nitrogens with one attached hydrogen (secondary N) is 1. The van der Waals surface area contributed by atoms with Crippen LogP contribution in [0.25, 0.3) is 0 Å². The smallest absolute Gasteiger partial charge is 0.334 e. The van der Waals surface area contributed by atoms with Gasteiger partial charge in [0, 0.05) is 17.8 Å². The summed E-state index contributed by atoms with van der Waals surface area (Å²) in [6, 6.07) is 3.93. The number of imide groups is 2. The molecule has 1 heterocycles. The topological polar surface area (TPSA) is 105 Å². The third-order valence-corrected chi connectivity index (χ3v) is 4.90. The molecule has 1 aliphatic heterocycles. The third-order valence-electron chi connectivity index (χ3n) is 4.90. The molecule has 1 saturated carbocycles. The number of hydrogen-bond donors (Lipinski definition) is 1. The Balaban J connectivity index is 1.67. The van der Waals surface area contributed by atoms with Crippen LogP contribution in [0.2, 0.25) is 0 Å². The van der Waals surface area contributed by atoms with E-state index >= 15 is 0 Å². The van der Waals surface area contributed by atoms with Crippen LogP contribution in [-0.4, -0.2) is 59.4 Å². The van der Waals surface area contributed by atoms with Crippen LogP contribution in [0.15, 0.2) is 18.2 Å². The molecule has 2 aliphatic rings. The predicted molar refractivity (Wildman–Crippen MR) is 104 cm³/mol. The Hall–Kier alpha value is -3.10. The lowest BCUT2D eigenvalue weighted by Gasteiger charge is -2.21. The molecule has 1 aromatic carbocycles. The molecule has 3 rings (SSSR count). The highest BCUT2D eigenvalue weighted by molar-refractivity contribution is 6.45. The van der Waals surface area contributed by atoms with Crippen LogP contribution in [0.5, 0.6) is 11.5 Å². The van der Waals surface area contributed by atoms with Gasteiger partial charge in [-0.15, -0.1) is 0 Å². The summed E-state index contributed by atoms with van der Waals surface area (Å²) in [5, 5.41) is 2.63. The second-order valence-corrected chi connectivity index (χ2v) is 6.86. The fourth-order valence-electron chi connectivity index (χ4n) is 3.62. The molecule has 1 aliphatic carbocycles. The average Bonchev–Trinajstić information content (AvgIpc) is 3.28. The highest BCUT2D eigenvalue weighted by Crippen LogP contribution is 2.31. The van der Waals surface area contributed by atoms with Crippen molar-refractivity contribution < 1.29 is 28.7 Å². The highest BCUT2D eigenvalue weighted by Gasteiger charge is 2.48. The first-order valence-corrected chi connectivity index (χ1v) is 9.84. The van der Waals surface area contributed by atoms with Crippen molar-refractivity contribution in [1.82, 2.24) is 9.80 Å². The minimum atomic E-state index is -0.959. The second kappa shape index (κ2) is 8.93. The van der Waals surface area contributed by atoms with Crippen LogP contribution in [0, 0.1) is 0 Å². The molecule has 0 aromatic heterocycles. The van der Waals surface area contributed by atoms with Gasteiger partial charge in [-0.05, 0) is 38.8 Å². The lowest BCUT2D eigenvalue weighted by Crippen LogP contribution is -2.41. The maximum absolute atomic E-state index is 12.6. The van der Waals surface area contributed by atoms with Gasteiger partial charge in [0.1, 0.15) is 6.54 Å². The van der Waals surface area contributed by atoms with E-state index in [0.29, 0.717) is 48.1 Å². The molecule has 156 valence electrons. The molecule has 0 spiro atoms. The number of carbonyl (C=O) groups excluding carboxylic acids is 4. The number of nitrogens with zero attached hydrogens (tertiary/aromatic N) is 2. The Labute approximate surface area is 168 Å². The first-order valence-electron chi connectivity index (χ1n) is 9.84. The number of benzene rings is 1. The zero-order valence-corrected chi connectivity index (χ0v) is 16.6. The third kappa shape index (κ3) is 4.33. The zero-order valence-electron chi connectivity index (χ0n) is 16.6. The molecule has 29 heavy (non-hydrogen) atoms. The Bertz CT molecular complexity index is 818. The number of anilines is 1. The Kier molecular flexibility index (Phi) is 6.36. The molecular weight excluding hydrogens is 378 g/mol. The van der Waals surface area contributed by atoms with E-state index in [1.807, 2.05) is 13.8 Å². The van der Waals surface area contributed by atoms with Gasteiger partial charge in [0.2, 0.25) is 5.91 Å². The summed E-state index contributed by atoms with van der Waals surface area (Å²) in [6.07, 6.45) is 3.21. The monoisotopic (exact) mass is 403 g/mol. The molecule has 9 nitrogen and oxygen atoms in total. The molecule has 0 unspecified atom stereocenters. The number of urea groups is 1. The molecule has 1 aromatic rings. The first kappa shape index (κ1) is 20.6. The van der Waals surface area contributed by atoms with Crippen molar-refractivity contribution in [2.45, 2.75) is 45.6 Å². The number of hydrogen-bond acceptors (Lipinski definition) is 6. The molecular formula is C20H25N3O6. The van der Waals surface area contributed by atoms with E-state index in [1.165, 1.54) is 0 Å². The SMILES string of the molecule is CCOc1ccc(NC(=O)CN2C(=O)C(=O)N(C3CCCC3)C2=O)cc1OCC. The van der Waals surface area contributed by atoms with Gasteiger partial charge in [0.15, 0.2) is 11.5 Å². The van der Waals surface area contributed by atoms with E-state index in [1.54, 1.807) is 18.2 Å². The number of amides is 5. The van der Waals surface area contributed by atoms with Crippen LogP contribution in [-0.2, 0) is 14.4 Å². The summed E-state index contributed by atoms with van der Waals surface area (Å²) < 4.78 is 11.0. The van der Waals surface area contributed by atoms with E-state index in [2.05, 4.69) is 5.32 Å². The van der Waals surface area contributed by atoms with Crippen molar-refractivity contribution in [2.75, 3.05) is 25.1 Å². The van der Waals surface area contributed by atoms with E-state index < -0.39 is 30.3 Å². The van der Waals surface area contributed by atoms with E-state index in [-0.39, 0.29) is 6.04 Å². The molecule has 0 radical (unpaired) electrons. The van der Waals surface area contributed by atoms with Gasteiger partial charge in [0.05, 0.1) is 13.2 Å². The lowest BCUT2D eigenvalue weighted by atomic mass is 10.2. The van der Waals surface area contributed by atoms with Crippen molar-refractivity contribution in [3.63, 3.8) is 0 Å². The van der Waals surface area contributed by atoms with E-state index in [0.717, 1.165) is 17.7 Å². The summed E-state index contributed by atoms with van der Waals surface area (Å²) in [4.78, 5) is 51.1. The Morgan fingerprint density at radius 3 is 2.34 bits per heavy atom. The minimum Gasteiger partial charge on any atom is -0.490 e. The number of ether oxygens (including phenoxy) is 2. The van der Waals surface area contributed by atoms with Gasteiger partial charge < -0.3 is 14.8 Å². The van der Waals surface area contributed by atoms with Gasteiger partial charge >= 0.3 is 17.8 Å². The van der Waals surface area contributed by atoms with Gasteiger partial charge in [-0.1, -0.05) is 12.8 Å². The maximum atomic E-state index is 12.6. The molecule has 9 heteroatoms.